The Morgan fingerprint density at radius 3 is 2.06 bits per heavy atom. The van der Waals surface area contributed by atoms with Gasteiger partial charge >= 0.3 is 0 Å². The molecule has 1 aliphatic rings. The van der Waals surface area contributed by atoms with E-state index >= 15 is 0 Å². The summed E-state index contributed by atoms with van der Waals surface area (Å²) in [6.45, 7) is 0. The van der Waals surface area contributed by atoms with Crippen molar-refractivity contribution < 1.29 is 14.2 Å². The fourth-order valence-electron chi connectivity index (χ4n) is 3.03. The topological polar surface area (TPSA) is 27.7 Å². The lowest BCUT2D eigenvalue weighted by Gasteiger charge is -2.43. The quantitative estimate of drug-likeness (QED) is 0.752. The predicted molar refractivity (Wildman–Crippen MR) is 65.7 cm³/mol. The van der Waals surface area contributed by atoms with Crippen LogP contribution in [-0.2, 0) is 19.8 Å². The summed E-state index contributed by atoms with van der Waals surface area (Å²) >= 11 is 0. The van der Waals surface area contributed by atoms with E-state index < -0.39 is 11.4 Å². The molecule has 1 aromatic carbocycles. The Morgan fingerprint density at radius 1 is 0.882 bits per heavy atom. The molecule has 1 unspecified atom stereocenters. The van der Waals surface area contributed by atoms with Gasteiger partial charge in [-0.3, -0.25) is 0 Å². The van der Waals surface area contributed by atoms with Crippen LogP contribution in [-0.4, -0.2) is 27.1 Å². The molecule has 17 heavy (non-hydrogen) atoms. The molecule has 1 aromatic rings. The van der Waals surface area contributed by atoms with Gasteiger partial charge in [0.05, 0.1) is 0 Å². The van der Waals surface area contributed by atoms with Gasteiger partial charge in [-0.05, 0) is 18.4 Å². The van der Waals surface area contributed by atoms with Crippen LogP contribution < -0.4 is 0 Å². The van der Waals surface area contributed by atoms with Gasteiger partial charge in [0.2, 0.25) is 5.79 Å². The maximum Gasteiger partial charge on any atom is 0.201 e. The fourth-order valence-corrected chi connectivity index (χ4v) is 3.03. The molecule has 94 valence electrons. The minimum atomic E-state index is -0.677. The first-order valence-corrected chi connectivity index (χ1v) is 5.95. The highest BCUT2D eigenvalue weighted by Gasteiger charge is 2.58. The summed E-state index contributed by atoms with van der Waals surface area (Å²) in [7, 11) is 5.10. The van der Waals surface area contributed by atoms with Crippen molar-refractivity contribution in [2.45, 2.75) is 30.7 Å². The van der Waals surface area contributed by atoms with Crippen LogP contribution in [0.2, 0.25) is 0 Å². The average Bonchev–Trinajstić information content (AvgIpc) is 2.79. The Bertz CT molecular complexity index is 359. The highest BCUT2D eigenvalue weighted by atomic mass is 16.7. The van der Waals surface area contributed by atoms with Gasteiger partial charge in [0.15, 0.2) is 0 Å². The van der Waals surface area contributed by atoms with Crippen LogP contribution in [0.3, 0.4) is 0 Å². The Balaban J connectivity index is 2.50. The number of ether oxygens (including phenoxy) is 3. The zero-order chi connectivity index (χ0) is 12.4. The normalized spacial score (nSPS) is 27.2. The summed E-state index contributed by atoms with van der Waals surface area (Å²) in [6.07, 6.45) is 2.79. The molecule has 0 bridgehead atoms. The lowest BCUT2D eigenvalue weighted by molar-refractivity contribution is -0.299. The van der Waals surface area contributed by atoms with Gasteiger partial charge in [-0.15, -0.1) is 0 Å². The van der Waals surface area contributed by atoms with Crippen molar-refractivity contribution in [2.75, 3.05) is 21.3 Å². The molecular weight excluding hydrogens is 216 g/mol. The molecular formula is C14H20O3. The molecule has 1 aliphatic carbocycles. The molecule has 0 amide bonds. The maximum absolute atomic E-state index is 5.83. The van der Waals surface area contributed by atoms with Crippen LogP contribution in [0.15, 0.2) is 30.3 Å². The van der Waals surface area contributed by atoms with Gasteiger partial charge in [-0.1, -0.05) is 30.3 Å². The highest BCUT2D eigenvalue weighted by Crippen LogP contribution is 2.51. The molecule has 1 fully saturated rings. The van der Waals surface area contributed by atoms with E-state index in [0.29, 0.717) is 0 Å². The van der Waals surface area contributed by atoms with Gasteiger partial charge in [0.1, 0.15) is 5.60 Å². The van der Waals surface area contributed by atoms with Crippen molar-refractivity contribution in [3.8, 4) is 0 Å². The monoisotopic (exact) mass is 236 g/mol. The molecule has 3 heteroatoms. The highest BCUT2D eigenvalue weighted by molar-refractivity contribution is 5.27. The largest absolute Gasteiger partial charge is 0.368 e. The molecule has 3 nitrogen and oxygen atoms in total. The van der Waals surface area contributed by atoms with E-state index in [1.165, 1.54) is 0 Å². The van der Waals surface area contributed by atoms with Crippen molar-refractivity contribution >= 4 is 0 Å². The second kappa shape index (κ2) is 4.77. The van der Waals surface area contributed by atoms with E-state index in [9.17, 15) is 0 Å². The number of benzene rings is 1. The van der Waals surface area contributed by atoms with Gasteiger partial charge in [-0.2, -0.15) is 0 Å². The second-order valence-corrected chi connectivity index (χ2v) is 4.41. The van der Waals surface area contributed by atoms with Crippen LogP contribution in [0.4, 0.5) is 0 Å². The van der Waals surface area contributed by atoms with Gasteiger partial charge in [0.25, 0.3) is 0 Å². The molecule has 0 saturated heterocycles. The number of methoxy groups -OCH3 is 3. The summed E-state index contributed by atoms with van der Waals surface area (Å²) in [5.41, 5.74) is 0.612. The third kappa shape index (κ3) is 1.69. The van der Waals surface area contributed by atoms with Crippen LogP contribution in [0.5, 0.6) is 0 Å². The van der Waals surface area contributed by atoms with Crippen molar-refractivity contribution in [1.29, 1.82) is 0 Å². The standard InChI is InChI=1S/C14H20O3/c1-15-13(12-8-5-4-6-9-12)10-7-11-14(13,16-2)17-3/h4-6,8-9H,7,10-11H2,1-3H3. The van der Waals surface area contributed by atoms with Crippen LogP contribution in [0.1, 0.15) is 24.8 Å². The maximum atomic E-state index is 5.83. The van der Waals surface area contributed by atoms with E-state index in [1.54, 1.807) is 21.3 Å². The Kier molecular flexibility index (Phi) is 3.52. The Labute approximate surface area is 103 Å². The van der Waals surface area contributed by atoms with Gasteiger partial charge in [0, 0.05) is 27.8 Å². The van der Waals surface area contributed by atoms with Crippen LogP contribution in [0.25, 0.3) is 0 Å². The smallest absolute Gasteiger partial charge is 0.201 e. The van der Waals surface area contributed by atoms with Gasteiger partial charge in [-0.25, -0.2) is 0 Å². The molecule has 0 heterocycles. The fraction of sp³-hybridized carbons (Fsp3) is 0.571. The third-order valence-electron chi connectivity index (χ3n) is 3.90. The second-order valence-electron chi connectivity index (χ2n) is 4.41. The molecule has 0 spiro atoms. The van der Waals surface area contributed by atoms with Crippen LogP contribution >= 0.6 is 0 Å². The first-order chi connectivity index (χ1) is 8.24. The molecule has 0 radical (unpaired) electrons. The summed E-state index contributed by atoms with van der Waals surface area (Å²) in [6, 6.07) is 10.2. The molecule has 0 aromatic heterocycles. The average molecular weight is 236 g/mol. The lowest BCUT2D eigenvalue weighted by Crippen LogP contribution is -2.51. The van der Waals surface area contributed by atoms with E-state index in [2.05, 4.69) is 12.1 Å². The summed E-state index contributed by atoms with van der Waals surface area (Å²) < 4.78 is 17.2. The summed E-state index contributed by atoms with van der Waals surface area (Å²) in [4.78, 5) is 0. The van der Waals surface area contributed by atoms with Crippen molar-refractivity contribution in [3.63, 3.8) is 0 Å². The minimum Gasteiger partial charge on any atom is -0.368 e. The first kappa shape index (κ1) is 12.6. The third-order valence-corrected chi connectivity index (χ3v) is 3.90. The minimum absolute atomic E-state index is 0.502. The molecule has 1 saturated carbocycles. The Morgan fingerprint density at radius 2 is 1.53 bits per heavy atom. The molecule has 1 atom stereocenters. The van der Waals surface area contributed by atoms with E-state index in [-0.39, 0.29) is 0 Å². The zero-order valence-electron chi connectivity index (χ0n) is 10.7. The number of hydrogen-bond donors (Lipinski definition) is 0. The van der Waals surface area contributed by atoms with Crippen molar-refractivity contribution in [2.24, 2.45) is 0 Å². The molecule has 0 N–H and O–H groups in total. The van der Waals surface area contributed by atoms with Crippen LogP contribution in [0, 0.1) is 0 Å². The molecule has 0 aliphatic heterocycles. The van der Waals surface area contributed by atoms with Crippen molar-refractivity contribution in [1.82, 2.24) is 0 Å². The lowest BCUT2D eigenvalue weighted by atomic mass is 9.87. The van der Waals surface area contributed by atoms with E-state index in [1.807, 2.05) is 18.2 Å². The van der Waals surface area contributed by atoms with E-state index in [0.717, 1.165) is 24.8 Å². The number of hydrogen-bond acceptors (Lipinski definition) is 3. The predicted octanol–water partition coefficient (Wildman–Crippen LogP) is 2.70. The summed E-state index contributed by atoms with van der Waals surface area (Å²) in [5, 5.41) is 0. The SMILES string of the molecule is COC1(OC)CCCC1(OC)c1ccccc1. The first-order valence-electron chi connectivity index (χ1n) is 5.95. The summed E-state index contributed by atoms with van der Waals surface area (Å²) in [5.74, 6) is -0.677. The molecule has 2 rings (SSSR count). The Hall–Kier alpha value is -0.900. The number of rotatable bonds is 4. The van der Waals surface area contributed by atoms with E-state index in [4.69, 9.17) is 14.2 Å². The van der Waals surface area contributed by atoms with Gasteiger partial charge < -0.3 is 14.2 Å². The zero-order valence-corrected chi connectivity index (χ0v) is 10.7. The van der Waals surface area contributed by atoms with Crippen molar-refractivity contribution in [3.05, 3.63) is 35.9 Å².